The summed E-state index contributed by atoms with van der Waals surface area (Å²) in [4.78, 5) is 49.7. The highest BCUT2D eigenvalue weighted by Gasteiger charge is 2.29. The van der Waals surface area contributed by atoms with Gasteiger partial charge in [-0.3, -0.25) is 23.9 Å². The molecule has 1 atom stereocenters. The first-order valence-corrected chi connectivity index (χ1v) is 10.3. The van der Waals surface area contributed by atoms with Crippen LogP contribution in [0.1, 0.15) is 23.2 Å². The summed E-state index contributed by atoms with van der Waals surface area (Å²) in [6.45, 7) is -0.774. The number of hydrogen-bond acceptors (Lipinski definition) is 5. The van der Waals surface area contributed by atoms with Gasteiger partial charge in [-0.15, -0.1) is 0 Å². The zero-order chi connectivity index (χ0) is 23.5. The summed E-state index contributed by atoms with van der Waals surface area (Å²) < 4.78 is 14.1. The van der Waals surface area contributed by atoms with Crippen LogP contribution in [0.2, 0.25) is 25.1 Å². The first-order valence-electron chi connectivity index (χ1n) is 8.44. The number of ketones is 1. The van der Waals surface area contributed by atoms with E-state index < -0.39 is 41.4 Å². The molecule has 0 fully saturated rings. The lowest BCUT2D eigenvalue weighted by Gasteiger charge is -2.19. The number of aromatic nitrogens is 2. The Labute approximate surface area is 198 Å². The quantitative estimate of drug-likeness (QED) is 0.273. The number of rotatable bonds is 8. The van der Waals surface area contributed by atoms with Crippen LogP contribution in [0.15, 0.2) is 15.8 Å². The van der Waals surface area contributed by atoms with Crippen molar-refractivity contribution >= 4 is 69.7 Å². The number of carbonyl (C=O) groups is 2. The van der Waals surface area contributed by atoms with E-state index in [9.17, 15) is 28.7 Å². The fourth-order valence-electron chi connectivity index (χ4n) is 2.53. The first kappa shape index (κ1) is 25.6. The van der Waals surface area contributed by atoms with Gasteiger partial charge in [-0.05, 0) is 6.42 Å². The Kier molecular flexibility index (Phi) is 8.93. The molecule has 8 nitrogen and oxygen atoms in total. The van der Waals surface area contributed by atoms with Crippen LogP contribution in [0.3, 0.4) is 0 Å². The van der Waals surface area contributed by atoms with Gasteiger partial charge in [0.1, 0.15) is 0 Å². The summed E-state index contributed by atoms with van der Waals surface area (Å²) in [6.07, 6.45) is 0.0918. The lowest BCUT2D eigenvalue weighted by Crippen LogP contribution is -2.42. The van der Waals surface area contributed by atoms with E-state index in [0.29, 0.717) is 6.20 Å². The van der Waals surface area contributed by atoms with E-state index in [0.717, 1.165) is 4.57 Å². The van der Waals surface area contributed by atoms with Gasteiger partial charge in [0.15, 0.2) is 5.78 Å². The molecular formula is C17H13Cl5FN3O5. The van der Waals surface area contributed by atoms with Gasteiger partial charge >= 0.3 is 5.69 Å². The van der Waals surface area contributed by atoms with Crippen molar-refractivity contribution in [3.8, 4) is 0 Å². The molecule has 1 unspecified atom stereocenters. The maximum Gasteiger partial charge on any atom is 0.328 e. The number of halogens is 6. The predicted octanol–water partition coefficient (Wildman–Crippen LogP) is 3.08. The lowest BCUT2D eigenvalue weighted by molar-refractivity contribution is -0.121. The van der Waals surface area contributed by atoms with Gasteiger partial charge in [0.2, 0.25) is 11.7 Å². The number of H-pyrrole nitrogens is 1. The van der Waals surface area contributed by atoms with E-state index in [4.69, 9.17) is 58.0 Å². The Balaban J connectivity index is 2.23. The number of amides is 1. The van der Waals surface area contributed by atoms with Crippen LogP contribution >= 0.6 is 58.0 Å². The zero-order valence-corrected chi connectivity index (χ0v) is 19.1. The molecule has 0 saturated heterocycles. The molecule has 31 heavy (non-hydrogen) atoms. The summed E-state index contributed by atoms with van der Waals surface area (Å²) >= 11 is 30.0. The second-order valence-corrected chi connectivity index (χ2v) is 8.01. The van der Waals surface area contributed by atoms with Gasteiger partial charge in [0, 0.05) is 19.6 Å². The molecule has 1 aromatic carbocycles. The Morgan fingerprint density at radius 3 is 2.16 bits per heavy atom. The lowest BCUT2D eigenvalue weighted by atomic mass is 10.0. The zero-order valence-electron chi connectivity index (χ0n) is 15.3. The number of aryl methyl sites for hydroxylation is 1. The van der Waals surface area contributed by atoms with Crippen LogP contribution in [-0.4, -0.2) is 39.0 Å². The Morgan fingerprint density at radius 2 is 1.61 bits per heavy atom. The van der Waals surface area contributed by atoms with Crippen LogP contribution < -0.4 is 16.6 Å². The van der Waals surface area contributed by atoms with Gasteiger partial charge < -0.3 is 10.4 Å². The largest absolute Gasteiger partial charge is 0.396 e. The summed E-state index contributed by atoms with van der Waals surface area (Å²) in [5, 5.41) is 10.5. The molecule has 1 aromatic heterocycles. The fourth-order valence-corrected chi connectivity index (χ4v) is 3.86. The van der Waals surface area contributed by atoms with E-state index in [-0.39, 0.29) is 50.1 Å². The highest BCUT2D eigenvalue weighted by Crippen LogP contribution is 2.44. The van der Waals surface area contributed by atoms with Crippen molar-refractivity contribution in [2.75, 3.05) is 6.61 Å². The van der Waals surface area contributed by atoms with E-state index in [1.54, 1.807) is 4.98 Å². The van der Waals surface area contributed by atoms with E-state index in [1.165, 1.54) is 0 Å². The molecule has 0 spiro atoms. The van der Waals surface area contributed by atoms with E-state index >= 15 is 0 Å². The summed E-state index contributed by atoms with van der Waals surface area (Å²) in [7, 11) is 0. The smallest absolute Gasteiger partial charge is 0.328 e. The SMILES string of the molecule is O=C(CCn1cc(F)c(=O)[nH]c1=O)NC(CCO)C(=O)c1c(Cl)c(Cl)c(Cl)c(Cl)c1Cl. The molecule has 0 saturated carbocycles. The van der Waals surface area contributed by atoms with Crippen molar-refractivity contribution in [3.05, 3.63) is 63.5 Å². The van der Waals surface area contributed by atoms with Gasteiger partial charge in [-0.1, -0.05) is 58.0 Å². The van der Waals surface area contributed by atoms with Gasteiger partial charge in [-0.2, -0.15) is 4.39 Å². The number of nitrogens with one attached hydrogen (secondary N) is 2. The molecule has 1 heterocycles. The summed E-state index contributed by atoms with van der Waals surface area (Å²) in [6, 6.07) is -1.27. The number of hydrogen-bond donors (Lipinski definition) is 3. The van der Waals surface area contributed by atoms with Crippen molar-refractivity contribution in [3.63, 3.8) is 0 Å². The molecule has 0 aliphatic rings. The van der Waals surface area contributed by atoms with Crippen LogP contribution in [0, 0.1) is 5.82 Å². The highest BCUT2D eigenvalue weighted by molar-refractivity contribution is 6.56. The third kappa shape index (κ3) is 5.79. The number of Topliss-reactive ketones (excluding diaryl/α,β-unsaturated/α-hetero) is 1. The predicted molar refractivity (Wildman–Crippen MR) is 115 cm³/mol. The molecule has 2 aromatic rings. The Morgan fingerprint density at radius 1 is 1.06 bits per heavy atom. The number of aromatic amines is 1. The second kappa shape index (κ2) is 10.8. The minimum Gasteiger partial charge on any atom is -0.396 e. The molecule has 0 aliphatic carbocycles. The normalized spacial score (nSPS) is 12.0. The number of aliphatic hydroxyl groups excluding tert-OH is 1. The van der Waals surface area contributed by atoms with Crippen LogP contribution in [0.25, 0.3) is 0 Å². The van der Waals surface area contributed by atoms with Crippen molar-refractivity contribution < 1.29 is 19.1 Å². The van der Waals surface area contributed by atoms with Crippen LogP contribution in [0.5, 0.6) is 0 Å². The monoisotopic (exact) mass is 533 g/mol. The average molecular weight is 536 g/mol. The molecule has 0 aliphatic heterocycles. The minimum atomic E-state index is -1.27. The number of carbonyl (C=O) groups excluding carboxylic acids is 2. The van der Waals surface area contributed by atoms with Gasteiger partial charge in [-0.25, -0.2) is 4.79 Å². The van der Waals surface area contributed by atoms with Crippen LogP contribution in [0.4, 0.5) is 4.39 Å². The molecule has 1 amide bonds. The number of aliphatic hydroxyl groups is 1. The Bertz CT molecular complexity index is 1120. The molecular weight excluding hydrogens is 522 g/mol. The van der Waals surface area contributed by atoms with Gasteiger partial charge in [0.05, 0.1) is 42.9 Å². The molecule has 168 valence electrons. The van der Waals surface area contributed by atoms with Crippen LogP contribution in [-0.2, 0) is 11.3 Å². The molecule has 0 radical (unpaired) electrons. The van der Waals surface area contributed by atoms with E-state index in [2.05, 4.69) is 5.32 Å². The topological polar surface area (TPSA) is 121 Å². The molecule has 0 bridgehead atoms. The minimum absolute atomic E-state index is 0.156. The molecule has 14 heteroatoms. The standard InChI is InChI=1S/C17H13Cl5FN3O5/c18-10-9(11(19)13(21)14(22)12(10)20)15(29)7(2-4-27)24-8(28)1-3-26-5-6(23)16(30)25-17(26)31/h5,7,27H,1-4H2,(H,24,28)(H,25,30,31). The molecule has 3 N–H and O–H groups in total. The van der Waals surface area contributed by atoms with Crippen molar-refractivity contribution in [2.45, 2.75) is 25.4 Å². The number of benzene rings is 1. The second-order valence-electron chi connectivity index (χ2n) is 6.12. The number of nitrogens with zero attached hydrogens (tertiary/aromatic N) is 1. The van der Waals surface area contributed by atoms with Crippen molar-refractivity contribution in [2.24, 2.45) is 0 Å². The van der Waals surface area contributed by atoms with E-state index in [1.807, 2.05) is 0 Å². The maximum atomic E-state index is 13.3. The van der Waals surface area contributed by atoms with Crippen molar-refractivity contribution in [1.82, 2.24) is 14.9 Å². The Hall–Kier alpha value is -1.62. The average Bonchev–Trinajstić information content (AvgIpc) is 2.72. The van der Waals surface area contributed by atoms with Gasteiger partial charge in [0.25, 0.3) is 5.56 Å². The fraction of sp³-hybridized carbons (Fsp3) is 0.294. The first-order chi connectivity index (χ1) is 14.5. The summed E-state index contributed by atoms with van der Waals surface area (Å²) in [5.74, 6) is -2.71. The highest BCUT2D eigenvalue weighted by atomic mass is 35.5. The summed E-state index contributed by atoms with van der Waals surface area (Å²) in [5.41, 5.74) is -2.39. The molecule has 2 rings (SSSR count). The third-order valence-corrected chi connectivity index (χ3v) is 6.35. The third-order valence-electron chi connectivity index (χ3n) is 4.07. The maximum absolute atomic E-state index is 13.3. The van der Waals surface area contributed by atoms with Crippen molar-refractivity contribution in [1.29, 1.82) is 0 Å².